The quantitative estimate of drug-likeness (QED) is 0.824. The van der Waals surface area contributed by atoms with Crippen LogP contribution < -0.4 is 0 Å². The first-order valence-electron chi connectivity index (χ1n) is 5.84. The van der Waals surface area contributed by atoms with Crippen LogP contribution in [0.25, 0.3) is 11.3 Å². The molecule has 2 rings (SSSR count). The number of aryl methyl sites for hydroxylation is 1. The molecule has 0 aliphatic carbocycles. The predicted molar refractivity (Wildman–Crippen MR) is 67.5 cm³/mol. The molecule has 0 saturated carbocycles. The highest BCUT2D eigenvalue weighted by molar-refractivity contribution is 5.61. The van der Waals surface area contributed by atoms with E-state index in [0.29, 0.717) is 5.92 Å². The number of aromatic nitrogens is 2. The molecule has 0 amide bonds. The third-order valence-corrected chi connectivity index (χ3v) is 3.03. The Labute approximate surface area is 96.7 Å². The predicted octanol–water partition coefficient (Wildman–Crippen LogP) is 3.90. The normalized spacial score (nSPS) is 12.7. The standard InChI is InChI=1S/C14H18N2/c1-4-10(2)14-15-11(3)13(16-14)12-8-6-5-7-9-12/h5-10H,4H2,1-3H3,(H,15,16). The van der Waals surface area contributed by atoms with E-state index in [9.17, 15) is 0 Å². The van der Waals surface area contributed by atoms with Crippen molar-refractivity contribution in [2.24, 2.45) is 0 Å². The van der Waals surface area contributed by atoms with Crippen LogP contribution in [0.2, 0.25) is 0 Å². The van der Waals surface area contributed by atoms with Crippen LogP contribution in [0.5, 0.6) is 0 Å². The summed E-state index contributed by atoms with van der Waals surface area (Å²) in [6.45, 7) is 6.47. The fourth-order valence-corrected chi connectivity index (χ4v) is 1.79. The minimum atomic E-state index is 0.496. The molecule has 2 nitrogen and oxygen atoms in total. The van der Waals surface area contributed by atoms with E-state index >= 15 is 0 Å². The van der Waals surface area contributed by atoms with Gasteiger partial charge in [0.15, 0.2) is 0 Å². The van der Waals surface area contributed by atoms with Gasteiger partial charge in [-0.2, -0.15) is 0 Å². The van der Waals surface area contributed by atoms with E-state index in [1.807, 2.05) is 18.2 Å². The minimum Gasteiger partial charge on any atom is -0.345 e. The lowest BCUT2D eigenvalue weighted by atomic mass is 10.1. The Morgan fingerprint density at radius 3 is 2.56 bits per heavy atom. The summed E-state index contributed by atoms with van der Waals surface area (Å²) in [4.78, 5) is 8.08. The Kier molecular flexibility index (Phi) is 3.09. The maximum Gasteiger partial charge on any atom is 0.109 e. The van der Waals surface area contributed by atoms with E-state index in [1.165, 1.54) is 5.56 Å². The van der Waals surface area contributed by atoms with Crippen LogP contribution in [0, 0.1) is 6.92 Å². The van der Waals surface area contributed by atoms with Crippen molar-refractivity contribution >= 4 is 0 Å². The molecule has 2 aromatic rings. The lowest BCUT2D eigenvalue weighted by Crippen LogP contribution is -1.93. The largest absolute Gasteiger partial charge is 0.345 e. The molecule has 0 fully saturated rings. The van der Waals surface area contributed by atoms with Crippen molar-refractivity contribution in [3.05, 3.63) is 41.9 Å². The van der Waals surface area contributed by atoms with Gasteiger partial charge in [0.25, 0.3) is 0 Å². The molecule has 0 aliphatic heterocycles. The summed E-state index contributed by atoms with van der Waals surface area (Å²) in [5, 5.41) is 0. The summed E-state index contributed by atoms with van der Waals surface area (Å²) in [5.74, 6) is 1.59. The second kappa shape index (κ2) is 4.52. The smallest absolute Gasteiger partial charge is 0.109 e. The van der Waals surface area contributed by atoms with Crippen molar-refractivity contribution in [3.8, 4) is 11.3 Å². The molecule has 0 aliphatic rings. The van der Waals surface area contributed by atoms with Crippen LogP contribution in [0.3, 0.4) is 0 Å². The fraction of sp³-hybridized carbons (Fsp3) is 0.357. The van der Waals surface area contributed by atoms with Gasteiger partial charge < -0.3 is 4.98 Å². The first-order valence-corrected chi connectivity index (χ1v) is 5.84. The van der Waals surface area contributed by atoms with Gasteiger partial charge in [-0.1, -0.05) is 44.2 Å². The average Bonchev–Trinajstić information content (AvgIpc) is 2.71. The number of rotatable bonds is 3. The van der Waals surface area contributed by atoms with Gasteiger partial charge in [0, 0.05) is 17.2 Å². The fourth-order valence-electron chi connectivity index (χ4n) is 1.79. The molecule has 1 aromatic carbocycles. The summed E-state index contributed by atoms with van der Waals surface area (Å²) in [6, 6.07) is 10.3. The molecule has 0 spiro atoms. The van der Waals surface area contributed by atoms with Crippen LogP contribution in [0.15, 0.2) is 30.3 Å². The average molecular weight is 214 g/mol. The van der Waals surface area contributed by atoms with Crippen molar-refractivity contribution in [2.75, 3.05) is 0 Å². The van der Waals surface area contributed by atoms with Crippen LogP contribution in [-0.4, -0.2) is 9.97 Å². The Morgan fingerprint density at radius 1 is 1.25 bits per heavy atom. The maximum absolute atomic E-state index is 4.70. The molecule has 1 heterocycles. The van der Waals surface area contributed by atoms with Crippen molar-refractivity contribution in [1.29, 1.82) is 0 Å². The van der Waals surface area contributed by atoms with Crippen molar-refractivity contribution in [1.82, 2.24) is 9.97 Å². The summed E-state index contributed by atoms with van der Waals surface area (Å²) >= 11 is 0. The third-order valence-electron chi connectivity index (χ3n) is 3.03. The lowest BCUT2D eigenvalue weighted by Gasteiger charge is -2.02. The maximum atomic E-state index is 4.70. The van der Waals surface area contributed by atoms with Gasteiger partial charge in [-0.3, -0.25) is 0 Å². The number of nitrogens with zero attached hydrogens (tertiary/aromatic N) is 1. The molecular weight excluding hydrogens is 196 g/mol. The third kappa shape index (κ3) is 2.01. The molecule has 0 radical (unpaired) electrons. The molecule has 2 heteroatoms. The number of hydrogen-bond donors (Lipinski definition) is 1. The zero-order valence-corrected chi connectivity index (χ0v) is 10.1. The SMILES string of the molecule is CCC(C)c1nc(-c2ccccc2)c(C)[nH]1. The van der Waals surface area contributed by atoms with Crippen molar-refractivity contribution in [3.63, 3.8) is 0 Å². The molecule has 0 bridgehead atoms. The second-order valence-electron chi connectivity index (χ2n) is 4.27. The zero-order chi connectivity index (χ0) is 11.5. The number of aromatic amines is 1. The van der Waals surface area contributed by atoms with E-state index in [4.69, 9.17) is 4.98 Å². The van der Waals surface area contributed by atoms with Gasteiger partial charge in [0.2, 0.25) is 0 Å². The summed E-state index contributed by atoms with van der Waals surface area (Å²) in [7, 11) is 0. The Morgan fingerprint density at radius 2 is 1.94 bits per heavy atom. The van der Waals surface area contributed by atoms with E-state index in [1.54, 1.807) is 0 Å². The van der Waals surface area contributed by atoms with Crippen LogP contribution in [-0.2, 0) is 0 Å². The first-order chi connectivity index (χ1) is 7.72. The highest BCUT2D eigenvalue weighted by Gasteiger charge is 2.12. The number of hydrogen-bond acceptors (Lipinski definition) is 1. The van der Waals surface area contributed by atoms with Crippen LogP contribution >= 0.6 is 0 Å². The Bertz CT molecular complexity index is 457. The summed E-state index contributed by atoms with van der Waals surface area (Å²) in [6.07, 6.45) is 1.11. The van der Waals surface area contributed by atoms with Crippen molar-refractivity contribution in [2.45, 2.75) is 33.1 Å². The number of imidazole rings is 1. The summed E-state index contributed by atoms with van der Waals surface area (Å²) in [5.41, 5.74) is 3.42. The molecule has 1 atom stereocenters. The van der Waals surface area contributed by atoms with Gasteiger partial charge in [-0.25, -0.2) is 4.98 Å². The number of benzene rings is 1. The van der Waals surface area contributed by atoms with Gasteiger partial charge in [-0.15, -0.1) is 0 Å². The van der Waals surface area contributed by atoms with Gasteiger partial charge in [0.05, 0.1) is 5.69 Å². The van der Waals surface area contributed by atoms with Crippen LogP contribution in [0.1, 0.15) is 37.7 Å². The van der Waals surface area contributed by atoms with E-state index in [0.717, 1.165) is 23.6 Å². The van der Waals surface area contributed by atoms with Crippen LogP contribution in [0.4, 0.5) is 0 Å². The summed E-state index contributed by atoms with van der Waals surface area (Å²) < 4.78 is 0. The van der Waals surface area contributed by atoms with Crippen molar-refractivity contribution < 1.29 is 0 Å². The number of H-pyrrole nitrogens is 1. The molecule has 1 N–H and O–H groups in total. The van der Waals surface area contributed by atoms with Gasteiger partial charge >= 0.3 is 0 Å². The molecular formula is C14H18N2. The molecule has 1 aromatic heterocycles. The topological polar surface area (TPSA) is 28.7 Å². The highest BCUT2D eigenvalue weighted by atomic mass is 14.9. The van der Waals surface area contributed by atoms with E-state index < -0.39 is 0 Å². The highest BCUT2D eigenvalue weighted by Crippen LogP contribution is 2.24. The second-order valence-corrected chi connectivity index (χ2v) is 4.27. The van der Waals surface area contributed by atoms with Gasteiger partial charge in [0.1, 0.15) is 5.82 Å². The number of nitrogens with one attached hydrogen (secondary N) is 1. The zero-order valence-electron chi connectivity index (χ0n) is 10.1. The van der Waals surface area contributed by atoms with E-state index in [-0.39, 0.29) is 0 Å². The Balaban J connectivity index is 2.40. The van der Waals surface area contributed by atoms with Gasteiger partial charge in [-0.05, 0) is 13.3 Å². The Hall–Kier alpha value is -1.57. The monoisotopic (exact) mass is 214 g/mol. The molecule has 1 unspecified atom stereocenters. The molecule has 16 heavy (non-hydrogen) atoms. The first kappa shape index (κ1) is 10.9. The lowest BCUT2D eigenvalue weighted by molar-refractivity contribution is 0.688. The minimum absolute atomic E-state index is 0.496. The van der Waals surface area contributed by atoms with E-state index in [2.05, 4.69) is 37.9 Å². The molecule has 84 valence electrons. The molecule has 0 saturated heterocycles.